The van der Waals surface area contributed by atoms with E-state index in [1.807, 2.05) is 25.6 Å². The maximum Gasteiger partial charge on any atom is 0.315 e. The smallest absolute Gasteiger partial charge is 0.315 e. The Morgan fingerprint density at radius 3 is 2.14 bits per heavy atom. The number of urea groups is 1. The van der Waals surface area contributed by atoms with Crippen LogP contribution in [0.25, 0.3) is 0 Å². The maximum absolute atomic E-state index is 13.6. The van der Waals surface area contributed by atoms with Gasteiger partial charge in [-0.1, -0.05) is 50.6 Å². The highest BCUT2D eigenvalue weighted by Crippen LogP contribution is 2.33. The molecule has 354 valence electrons. The Hall–Kier alpha value is -5.97. The van der Waals surface area contributed by atoms with Gasteiger partial charge in [-0.2, -0.15) is 11.8 Å². The zero-order valence-electron chi connectivity index (χ0n) is 36.1. The lowest BCUT2D eigenvalue weighted by Gasteiger charge is -2.25. The Morgan fingerprint density at radius 2 is 1.47 bits per heavy atom. The third kappa shape index (κ3) is 19.2. The van der Waals surface area contributed by atoms with Crippen molar-refractivity contribution in [2.24, 2.45) is 17.6 Å². The fourth-order valence-electron chi connectivity index (χ4n) is 7.25. The first-order valence-electron chi connectivity index (χ1n) is 21.3. The lowest BCUT2D eigenvalue weighted by Crippen LogP contribution is -2.56. The molecule has 64 heavy (non-hydrogen) atoms. The number of fused-ring (bicyclic) bond motifs is 1. The van der Waals surface area contributed by atoms with Crippen molar-refractivity contribution in [2.45, 2.75) is 120 Å². The van der Waals surface area contributed by atoms with Crippen LogP contribution in [-0.4, -0.2) is 130 Å². The molecule has 2 saturated heterocycles. The fraction of sp³-hybridized carbons (Fsp3) is 0.610. The number of nitrogens with two attached hydrogens (primary N) is 1. The summed E-state index contributed by atoms with van der Waals surface area (Å²) in [5, 5.41) is 39.4. The highest BCUT2D eigenvalue weighted by atomic mass is 32.2. The van der Waals surface area contributed by atoms with Crippen molar-refractivity contribution < 1.29 is 58.3 Å². The minimum Gasteiger partial charge on any atom is -0.481 e. The first kappa shape index (κ1) is 52.4. The van der Waals surface area contributed by atoms with Gasteiger partial charge in [0, 0.05) is 42.7 Å². The van der Waals surface area contributed by atoms with E-state index in [1.54, 1.807) is 30.3 Å². The highest BCUT2D eigenvalue weighted by molar-refractivity contribution is 8.00. The molecule has 2 aliphatic rings. The van der Waals surface area contributed by atoms with E-state index in [2.05, 4.69) is 42.5 Å². The normalized spacial score (nSPS) is 18.1. The van der Waals surface area contributed by atoms with Crippen LogP contribution in [0.4, 0.5) is 4.79 Å². The van der Waals surface area contributed by atoms with Gasteiger partial charge in [-0.25, -0.2) is 10.3 Å². The number of aliphatic carboxylic acids is 1. The quantitative estimate of drug-likeness (QED) is 0.0188. The number of rotatable bonds is 29. The Kier molecular flexibility index (Phi) is 22.3. The minimum absolute atomic E-state index is 0.0466. The molecule has 1 aromatic rings. The molecule has 1 unspecified atom stereocenters. The van der Waals surface area contributed by atoms with E-state index >= 15 is 0 Å². The highest BCUT2D eigenvalue weighted by Gasteiger charge is 2.42. The van der Waals surface area contributed by atoms with Gasteiger partial charge in [0.15, 0.2) is 0 Å². The fourth-order valence-corrected chi connectivity index (χ4v) is 8.80. The number of nitrogens with one attached hydrogen (secondary N) is 9. The molecule has 2 heterocycles. The number of carbonyl (C=O) groups is 10. The van der Waals surface area contributed by atoms with Gasteiger partial charge < -0.3 is 53.4 Å². The zero-order chi connectivity index (χ0) is 47.2. The van der Waals surface area contributed by atoms with E-state index in [0.717, 1.165) is 18.6 Å². The molecule has 1 aromatic carbocycles. The third-order valence-corrected chi connectivity index (χ3v) is 12.0. The lowest BCUT2D eigenvalue weighted by atomic mass is 9.92. The number of primary amides is 1. The van der Waals surface area contributed by atoms with Crippen molar-refractivity contribution in [1.29, 1.82) is 0 Å². The number of unbranched alkanes of at least 4 members (excludes halogenated alkanes) is 2. The van der Waals surface area contributed by atoms with Crippen LogP contribution < -0.4 is 53.7 Å². The Bertz CT molecular complexity index is 1810. The predicted molar refractivity (Wildman–Crippen MR) is 232 cm³/mol. The molecule has 2 aliphatic heterocycles. The first-order valence-corrected chi connectivity index (χ1v) is 22.4. The topological polar surface area (TPSA) is 345 Å². The second kappa shape index (κ2) is 27.3. The minimum atomic E-state index is -1.70. The summed E-state index contributed by atoms with van der Waals surface area (Å²) in [6.07, 6.45) is 2.80. The summed E-state index contributed by atoms with van der Waals surface area (Å²) in [7, 11) is 0. The van der Waals surface area contributed by atoms with Gasteiger partial charge in [0.05, 0.1) is 31.6 Å². The number of amides is 10. The van der Waals surface area contributed by atoms with Crippen LogP contribution in [0.3, 0.4) is 0 Å². The number of carboxylic acids is 1. The second-order valence-corrected chi connectivity index (χ2v) is 17.5. The Balaban J connectivity index is 1.41. The number of hydroxylamine groups is 1. The van der Waals surface area contributed by atoms with E-state index in [4.69, 9.17) is 10.9 Å². The van der Waals surface area contributed by atoms with Crippen molar-refractivity contribution in [3.05, 3.63) is 35.9 Å². The molecule has 0 radical (unpaired) electrons. The molecule has 0 spiro atoms. The summed E-state index contributed by atoms with van der Waals surface area (Å²) < 4.78 is 0. The number of hydrogen-bond acceptors (Lipinski definition) is 12. The van der Waals surface area contributed by atoms with Crippen molar-refractivity contribution >= 4 is 71.0 Å². The molecular weight excluding hydrogens is 857 g/mol. The van der Waals surface area contributed by atoms with E-state index < -0.39 is 90.9 Å². The van der Waals surface area contributed by atoms with Crippen LogP contribution in [0, 0.1) is 11.8 Å². The molecule has 7 atom stereocenters. The van der Waals surface area contributed by atoms with Crippen LogP contribution in [-0.2, 0) is 49.6 Å². The number of hydrogen-bond donors (Lipinski definition) is 12. The molecule has 3 rings (SSSR count). The van der Waals surface area contributed by atoms with Gasteiger partial charge in [-0.3, -0.25) is 48.4 Å². The summed E-state index contributed by atoms with van der Waals surface area (Å²) in [5.74, 6) is -7.60. The average molecular weight is 919 g/mol. The van der Waals surface area contributed by atoms with E-state index in [0.29, 0.717) is 43.0 Å². The molecule has 10 amide bonds. The molecule has 0 aromatic heterocycles. The summed E-state index contributed by atoms with van der Waals surface area (Å²) in [5.41, 5.74) is 7.56. The maximum atomic E-state index is 13.6. The molecule has 13 N–H and O–H groups in total. The number of benzene rings is 1. The van der Waals surface area contributed by atoms with Crippen molar-refractivity contribution in [1.82, 2.24) is 48.0 Å². The van der Waals surface area contributed by atoms with Crippen LogP contribution in [0.15, 0.2) is 30.3 Å². The van der Waals surface area contributed by atoms with Crippen molar-refractivity contribution in [2.75, 3.05) is 25.4 Å². The van der Waals surface area contributed by atoms with Gasteiger partial charge in [0.25, 0.3) is 0 Å². The Morgan fingerprint density at radius 1 is 0.766 bits per heavy atom. The molecule has 22 nitrogen and oxygen atoms in total. The third-order valence-electron chi connectivity index (χ3n) is 10.5. The number of carbonyl (C=O) groups excluding carboxylic acids is 9. The first-order chi connectivity index (χ1) is 30.4. The van der Waals surface area contributed by atoms with Crippen LogP contribution in [0.1, 0.15) is 83.6 Å². The lowest BCUT2D eigenvalue weighted by molar-refractivity contribution is -0.141. The van der Waals surface area contributed by atoms with E-state index in [9.17, 15) is 53.1 Å². The summed E-state index contributed by atoms with van der Waals surface area (Å²) in [6.45, 7) is 2.66. The van der Waals surface area contributed by atoms with Crippen molar-refractivity contribution in [3.8, 4) is 0 Å². The second-order valence-electron chi connectivity index (χ2n) is 16.2. The number of carboxylic acid groups (broad SMARTS) is 1. The zero-order valence-corrected chi connectivity index (χ0v) is 36.9. The monoisotopic (exact) mass is 918 g/mol. The Labute approximate surface area is 375 Å². The molecule has 2 fully saturated rings. The van der Waals surface area contributed by atoms with Crippen LogP contribution in [0.5, 0.6) is 0 Å². The summed E-state index contributed by atoms with van der Waals surface area (Å²) in [6, 6.07) is 4.54. The molecule has 23 heteroatoms. The van der Waals surface area contributed by atoms with Gasteiger partial charge in [0.1, 0.15) is 18.1 Å². The van der Waals surface area contributed by atoms with Gasteiger partial charge in [-0.05, 0) is 50.0 Å². The molecule has 0 aliphatic carbocycles. The van der Waals surface area contributed by atoms with Crippen LogP contribution >= 0.6 is 11.8 Å². The molecule has 0 saturated carbocycles. The number of thioether (sulfide) groups is 1. The van der Waals surface area contributed by atoms with Gasteiger partial charge in [-0.15, -0.1) is 0 Å². The summed E-state index contributed by atoms with van der Waals surface area (Å²) >= 11 is 1.82. The van der Waals surface area contributed by atoms with Crippen LogP contribution in [0.2, 0.25) is 0 Å². The summed E-state index contributed by atoms with van der Waals surface area (Å²) in [4.78, 5) is 125. The molecular formula is C41H62N10O12S. The van der Waals surface area contributed by atoms with E-state index in [-0.39, 0.29) is 55.6 Å². The average Bonchev–Trinajstić information content (AvgIpc) is 3.80. The largest absolute Gasteiger partial charge is 0.481 e. The van der Waals surface area contributed by atoms with E-state index in [1.165, 1.54) is 5.48 Å². The molecule has 0 bridgehead atoms. The van der Waals surface area contributed by atoms with Gasteiger partial charge >= 0.3 is 12.0 Å². The SMILES string of the molecule is CC(C)CC(CC(=O)NO)C(=O)N[C@@H](Cc1ccccc1)C(=O)N[C@@H](CC(=O)O)C(=O)NCC(=O)NCC(=O)N[C@@H](CCCCNC(=O)CCCC[C@@H]1SC[C@@H]2NC(=O)N[C@@H]21)C(N)=O. The van der Waals surface area contributed by atoms with Gasteiger partial charge in [0.2, 0.25) is 47.3 Å². The van der Waals surface area contributed by atoms with Crippen molar-refractivity contribution in [3.63, 3.8) is 0 Å². The predicted octanol–water partition coefficient (Wildman–Crippen LogP) is -1.55. The standard InChI is InChI=1S/C41H62N10O12S/c1-23(2)16-25(18-32(53)51-63)38(59)47-27(17-24-10-4-3-5-11-24)40(61)48-28(19-35(56)57)39(60)45-20-33(54)44-21-34(55)46-26(37(42)58)12-8-9-15-43-31(52)14-7-6-13-30-36-29(22-64-30)49-41(62)50-36/h3-5,10-11,23,25-30,36,63H,6-9,12-22H2,1-2H3,(H2,42,58)(H,43,52)(H,44,54)(H,45,60)(H,46,55)(H,47,59)(H,48,61)(H,51,53)(H,56,57)(H2,49,50,62)/t25?,26-,27-,28-,29-,30-,36-/m0/s1.